The van der Waals surface area contributed by atoms with E-state index >= 15 is 0 Å². The summed E-state index contributed by atoms with van der Waals surface area (Å²) in [6.07, 6.45) is 0. The standard InChI is InChI=1S/C18H23FN4O2S/c1-14-3-9-17(10-4-14)26(24,25)23-12-11-21-18(20-2)22-13-15-5-7-16(19)8-6-15/h3-10,23H,11-13H2,1-2H3,(H2,20,21,22). The minimum atomic E-state index is -3.53. The van der Waals surface area contributed by atoms with Crippen molar-refractivity contribution in [2.45, 2.75) is 18.4 Å². The highest BCUT2D eigenvalue weighted by Crippen LogP contribution is 2.09. The van der Waals surface area contributed by atoms with E-state index in [-0.39, 0.29) is 17.3 Å². The maximum atomic E-state index is 12.9. The molecule has 0 saturated carbocycles. The molecule has 0 heterocycles. The molecule has 2 aromatic carbocycles. The number of benzene rings is 2. The Bertz CT molecular complexity index is 834. The van der Waals surface area contributed by atoms with E-state index in [1.165, 1.54) is 12.1 Å². The molecule has 8 heteroatoms. The van der Waals surface area contributed by atoms with Gasteiger partial charge >= 0.3 is 0 Å². The van der Waals surface area contributed by atoms with Gasteiger partial charge in [-0.15, -0.1) is 0 Å². The van der Waals surface area contributed by atoms with E-state index in [9.17, 15) is 12.8 Å². The second-order valence-electron chi connectivity index (χ2n) is 5.69. The predicted octanol–water partition coefficient (Wildman–Crippen LogP) is 1.78. The summed E-state index contributed by atoms with van der Waals surface area (Å²) in [5.74, 6) is 0.251. The molecule has 0 aliphatic rings. The maximum Gasteiger partial charge on any atom is 0.240 e. The van der Waals surface area contributed by atoms with Crippen LogP contribution in [0.5, 0.6) is 0 Å². The van der Waals surface area contributed by atoms with Crippen LogP contribution in [0.3, 0.4) is 0 Å². The summed E-state index contributed by atoms with van der Waals surface area (Å²) in [6, 6.07) is 12.8. The third kappa shape index (κ3) is 6.12. The summed E-state index contributed by atoms with van der Waals surface area (Å²) in [7, 11) is -1.91. The molecule has 0 saturated heterocycles. The number of hydrogen-bond acceptors (Lipinski definition) is 3. The minimum Gasteiger partial charge on any atom is -0.355 e. The second-order valence-corrected chi connectivity index (χ2v) is 7.46. The van der Waals surface area contributed by atoms with E-state index in [0.29, 0.717) is 19.0 Å². The molecule has 140 valence electrons. The largest absolute Gasteiger partial charge is 0.355 e. The lowest BCUT2D eigenvalue weighted by atomic mass is 10.2. The lowest BCUT2D eigenvalue weighted by molar-refractivity contribution is 0.580. The number of guanidine groups is 1. The van der Waals surface area contributed by atoms with Gasteiger partial charge in [-0.3, -0.25) is 4.99 Å². The molecule has 0 bridgehead atoms. The van der Waals surface area contributed by atoms with Crippen LogP contribution in [-0.2, 0) is 16.6 Å². The first kappa shape index (κ1) is 19.9. The number of sulfonamides is 1. The van der Waals surface area contributed by atoms with E-state index in [0.717, 1.165) is 11.1 Å². The molecule has 0 radical (unpaired) electrons. The molecule has 0 atom stereocenters. The summed E-state index contributed by atoms with van der Waals surface area (Å²) in [6.45, 7) is 2.97. The van der Waals surface area contributed by atoms with Crippen molar-refractivity contribution in [3.05, 3.63) is 65.5 Å². The van der Waals surface area contributed by atoms with Crippen molar-refractivity contribution in [2.75, 3.05) is 20.1 Å². The lowest BCUT2D eigenvalue weighted by Gasteiger charge is -2.12. The zero-order valence-electron chi connectivity index (χ0n) is 14.8. The zero-order valence-corrected chi connectivity index (χ0v) is 15.6. The monoisotopic (exact) mass is 378 g/mol. The van der Waals surface area contributed by atoms with Gasteiger partial charge < -0.3 is 10.6 Å². The Labute approximate surface area is 153 Å². The second kappa shape index (κ2) is 9.30. The Hall–Kier alpha value is -2.45. The molecule has 0 unspecified atom stereocenters. The molecule has 0 aliphatic heterocycles. The fourth-order valence-corrected chi connectivity index (χ4v) is 3.21. The number of nitrogens with one attached hydrogen (secondary N) is 3. The van der Waals surface area contributed by atoms with E-state index in [2.05, 4.69) is 20.3 Å². The van der Waals surface area contributed by atoms with Gasteiger partial charge in [0.25, 0.3) is 0 Å². The highest BCUT2D eigenvalue weighted by Gasteiger charge is 2.12. The highest BCUT2D eigenvalue weighted by molar-refractivity contribution is 7.89. The smallest absolute Gasteiger partial charge is 0.240 e. The number of rotatable bonds is 7. The number of aliphatic imine (C=N–C) groups is 1. The average molecular weight is 378 g/mol. The summed E-state index contributed by atoms with van der Waals surface area (Å²) in [5.41, 5.74) is 1.91. The van der Waals surface area contributed by atoms with Crippen LogP contribution in [0.2, 0.25) is 0 Å². The fraction of sp³-hybridized carbons (Fsp3) is 0.278. The van der Waals surface area contributed by atoms with Gasteiger partial charge in [-0.25, -0.2) is 17.5 Å². The molecule has 0 aliphatic carbocycles. The summed E-state index contributed by atoms with van der Waals surface area (Å²) in [5, 5.41) is 6.10. The van der Waals surface area contributed by atoms with Gasteiger partial charge in [0.05, 0.1) is 4.90 Å². The number of hydrogen-bond donors (Lipinski definition) is 3. The third-order valence-electron chi connectivity index (χ3n) is 3.64. The molecule has 0 amide bonds. The van der Waals surface area contributed by atoms with Gasteiger partial charge in [0.2, 0.25) is 10.0 Å². The third-order valence-corrected chi connectivity index (χ3v) is 5.11. The Balaban J connectivity index is 1.76. The van der Waals surface area contributed by atoms with Gasteiger partial charge in [0.1, 0.15) is 5.82 Å². The van der Waals surface area contributed by atoms with Crippen molar-refractivity contribution in [2.24, 2.45) is 4.99 Å². The van der Waals surface area contributed by atoms with Gasteiger partial charge in [-0.1, -0.05) is 29.8 Å². The van der Waals surface area contributed by atoms with Crippen molar-refractivity contribution in [3.63, 3.8) is 0 Å². The lowest BCUT2D eigenvalue weighted by Crippen LogP contribution is -2.41. The van der Waals surface area contributed by atoms with Crippen LogP contribution < -0.4 is 15.4 Å². The van der Waals surface area contributed by atoms with Gasteiger partial charge in [-0.2, -0.15) is 0 Å². The summed E-state index contributed by atoms with van der Waals surface area (Å²) < 4.78 is 39.8. The van der Waals surface area contributed by atoms with Gasteiger partial charge in [0.15, 0.2) is 5.96 Å². The Morgan fingerprint density at radius 3 is 2.27 bits per heavy atom. The molecule has 2 rings (SSSR count). The SMILES string of the molecule is CN=C(NCCNS(=O)(=O)c1ccc(C)cc1)NCc1ccc(F)cc1. The predicted molar refractivity (Wildman–Crippen MR) is 101 cm³/mol. The van der Waals surface area contributed by atoms with Crippen molar-refractivity contribution < 1.29 is 12.8 Å². The number of aryl methyl sites for hydroxylation is 1. The summed E-state index contributed by atoms with van der Waals surface area (Å²) >= 11 is 0. The van der Waals surface area contributed by atoms with Gasteiger partial charge in [0, 0.05) is 26.7 Å². The first-order chi connectivity index (χ1) is 12.4. The first-order valence-electron chi connectivity index (χ1n) is 8.16. The Morgan fingerprint density at radius 1 is 1.00 bits per heavy atom. The van der Waals surface area contributed by atoms with Crippen molar-refractivity contribution in [1.82, 2.24) is 15.4 Å². The number of halogens is 1. The molecular weight excluding hydrogens is 355 g/mol. The molecule has 0 spiro atoms. The molecule has 2 aromatic rings. The summed E-state index contributed by atoms with van der Waals surface area (Å²) in [4.78, 5) is 4.30. The normalized spacial score (nSPS) is 12.0. The molecule has 26 heavy (non-hydrogen) atoms. The Morgan fingerprint density at radius 2 is 1.65 bits per heavy atom. The van der Waals surface area contributed by atoms with Crippen LogP contribution in [0.1, 0.15) is 11.1 Å². The molecule has 6 nitrogen and oxygen atoms in total. The quantitative estimate of drug-likeness (QED) is 0.390. The van der Waals surface area contributed by atoms with Crippen LogP contribution in [-0.4, -0.2) is 34.5 Å². The topological polar surface area (TPSA) is 82.6 Å². The van der Waals surface area contributed by atoms with Crippen LogP contribution in [0.4, 0.5) is 4.39 Å². The van der Waals surface area contributed by atoms with Crippen molar-refractivity contribution in [3.8, 4) is 0 Å². The van der Waals surface area contributed by atoms with E-state index in [4.69, 9.17) is 0 Å². The average Bonchev–Trinajstić information content (AvgIpc) is 2.63. The Kier molecular flexibility index (Phi) is 7.11. The van der Waals surface area contributed by atoms with Crippen molar-refractivity contribution >= 4 is 16.0 Å². The van der Waals surface area contributed by atoms with Gasteiger partial charge in [-0.05, 0) is 36.8 Å². The number of nitrogens with zero attached hydrogens (tertiary/aromatic N) is 1. The van der Waals surface area contributed by atoms with E-state index in [1.807, 2.05) is 6.92 Å². The fourth-order valence-electron chi connectivity index (χ4n) is 2.18. The van der Waals surface area contributed by atoms with Crippen molar-refractivity contribution in [1.29, 1.82) is 0 Å². The zero-order chi connectivity index (χ0) is 19.0. The molecule has 0 fully saturated rings. The van der Waals surface area contributed by atoms with Crippen LogP contribution in [0, 0.1) is 12.7 Å². The first-order valence-corrected chi connectivity index (χ1v) is 9.64. The highest BCUT2D eigenvalue weighted by atomic mass is 32.2. The van der Waals surface area contributed by atoms with E-state index < -0.39 is 10.0 Å². The maximum absolute atomic E-state index is 12.9. The van der Waals surface area contributed by atoms with Crippen LogP contribution in [0.15, 0.2) is 58.4 Å². The molecule has 0 aromatic heterocycles. The van der Waals surface area contributed by atoms with E-state index in [1.54, 1.807) is 43.4 Å². The molecule has 3 N–H and O–H groups in total. The van der Waals surface area contributed by atoms with Crippen LogP contribution >= 0.6 is 0 Å². The molecular formula is C18H23FN4O2S. The van der Waals surface area contributed by atoms with Crippen LogP contribution in [0.25, 0.3) is 0 Å². The minimum absolute atomic E-state index is 0.216.